The number of fused-ring (bicyclic) bond motifs is 1. The zero-order valence-corrected chi connectivity index (χ0v) is 8.98. The molecule has 16 heavy (non-hydrogen) atoms. The molecule has 0 spiro atoms. The molecule has 0 aromatic carbocycles. The van der Waals surface area contributed by atoms with Crippen molar-refractivity contribution in [1.29, 1.82) is 0 Å². The van der Waals surface area contributed by atoms with Gasteiger partial charge in [-0.1, -0.05) is 23.8 Å². The molecule has 0 radical (unpaired) electrons. The number of rotatable bonds is 0. The van der Waals surface area contributed by atoms with E-state index in [0.717, 1.165) is 36.0 Å². The normalized spacial score (nSPS) is 27.8. The summed E-state index contributed by atoms with van der Waals surface area (Å²) in [6, 6.07) is 0. The molecule has 3 rings (SSSR count). The molecule has 0 fully saturated rings. The van der Waals surface area contributed by atoms with Gasteiger partial charge >= 0.3 is 0 Å². The van der Waals surface area contributed by atoms with Crippen LogP contribution in [0.3, 0.4) is 0 Å². The van der Waals surface area contributed by atoms with Gasteiger partial charge in [0.15, 0.2) is 0 Å². The van der Waals surface area contributed by atoms with Crippen LogP contribution in [0.2, 0.25) is 0 Å². The molecular formula is C14H14O2. The molecule has 3 aliphatic carbocycles. The van der Waals surface area contributed by atoms with Crippen molar-refractivity contribution in [2.24, 2.45) is 0 Å². The van der Waals surface area contributed by atoms with Crippen LogP contribution in [0.5, 0.6) is 0 Å². The molecule has 0 saturated carbocycles. The number of hydrogen-bond donors (Lipinski definition) is 2. The van der Waals surface area contributed by atoms with Crippen molar-refractivity contribution >= 4 is 0 Å². The molecule has 2 N–H and O–H groups in total. The van der Waals surface area contributed by atoms with Gasteiger partial charge in [-0.15, -0.1) is 0 Å². The Morgan fingerprint density at radius 3 is 2.88 bits per heavy atom. The Bertz CT molecular complexity index is 487. The predicted octanol–water partition coefficient (Wildman–Crippen LogP) is 2.71. The first-order valence-electron chi connectivity index (χ1n) is 5.64. The highest BCUT2D eigenvalue weighted by atomic mass is 16.3. The summed E-state index contributed by atoms with van der Waals surface area (Å²) >= 11 is 0. The fraction of sp³-hybridized carbons (Fsp3) is 0.286. The molecule has 0 bridgehead atoms. The van der Waals surface area contributed by atoms with Crippen LogP contribution in [0.25, 0.3) is 0 Å². The van der Waals surface area contributed by atoms with Gasteiger partial charge in [-0.25, -0.2) is 0 Å². The summed E-state index contributed by atoms with van der Waals surface area (Å²) in [5.74, 6) is 0.351. The third kappa shape index (κ3) is 1.38. The Morgan fingerprint density at radius 2 is 2.00 bits per heavy atom. The van der Waals surface area contributed by atoms with E-state index in [9.17, 15) is 10.2 Å². The molecule has 0 saturated heterocycles. The smallest absolute Gasteiger partial charge is 0.119 e. The van der Waals surface area contributed by atoms with Crippen LogP contribution in [0.15, 0.2) is 58.4 Å². The second-order valence-corrected chi connectivity index (χ2v) is 4.47. The van der Waals surface area contributed by atoms with Crippen molar-refractivity contribution in [3.05, 3.63) is 58.4 Å². The van der Waals surface area contributed by atoms with Gasteiger partial charge in [-0.2, -0.15) is 0 Å². The average Bonchev–Trinajstić information content (AvgIpc) is 2.54. The van der Waals surface area contributed by atoms with Crippen molar-refractivity contribution < 1.29 is 10.2 Å². The van der Waals surface area contributed by atoms with Crippen molar-refractivity contribution in [2.75, 3.05) is 0 Å². The molecule has 2 nitrogen and oxygen atoms in total. The highest BCUT2D eigenvalue weighted by molar-refractivity contribution is 5.57. The number of hydrogen-bond acceptors (Lipinski definition) is 2. The summed E-state index contributed by atoms with van der Waals surface area (Å²) < 4.78 is 0. The lowest BCUT2D eigenvalue weighted by atomic mass is 9.88. The molecule has 0 aliphatic heterocycles. The van der Waals surface area contributed by atoms with Crippen LogP contribution in [-0.4, -0.2) is 16.3 Å². The number of aliphatic hydroxyl groups excluding tert-OH is 2. The van der Waals surface area contributed by atoms with Crippen molar-refractivity contribution in [3.63, 3.8) is 0 Å². The first kappa shape index (κ1) is 9.67. The minimum absolute atomic E-state index is 0.309. The number of allylic oxidation sites excluding steroid dienone is 7. The first-order chi connectivity index (χ1) is 7.75. The van der Waals surface area contributed by atoms with E-state index in [1.807, 2.05) is 24.3 Å². The Morgan fingerprint density at radius 1 is 1.19 bits per heavy atom. The third-order valence-electron chi connectivity index (χ3n) is 3.49. The number of aliphatic hydroxyl groups is 2. The summed E-state index contributed by atoms with van der Waals surface area (Å²) in [6.07, 6.45) is 11.7. The van der Waals surface area contributed by atoms with Crippen molar-refractivity contribution in [3.8, 4) is 0 Å². The van der Waals surface area contributed by atoms with Gasteiger partial charge in [0.1, 0.15) is 5.76 Å². The predicted molar refractivity (Wildman–Crippen MR) is 62.9 cm³/mol. The van der Waals surface area contributed by atoms with Gasteiger partial charge in [0.05, 0.1) is 6.10 Å². The van der Waals surface area contributed by atoms with Gasteiger partial charge in [0, 0.05) is 5.57 Å². The molecule has 0 amide bonds. The molecular weight excluding hydrogens is 200 g/mol. The fourth-order valence-electron chi connectivity index (χ4n) is 2.60. The highest BCUT2D eigenvalue weighted by Gasteiger charge is 2.28. The van der Waals surface area contributed by atoms with Crippen LogP contribution >= 0.6 is 0 Å². The summed E-state index contributed by atoms with van der Waals surface area (Å²) in [5.41, 5.74) is 4.36. The second-order valence-electron chi connectivity index (χ2n) is 4.47. The van der Waals surface area contributed by atoms with E-state index in [-0.39, 0.29) is 6.10 Å². The maximum atomic E-state index is 9.90. The zero-order valence-electron chi connectivity index (χ0n) is 8.98. The van der Waals surface area contributed by atoms with E-state index in [4.69, 9.17) is 0 Å². The van der Waals surface area contributed by atoms with Crippen molar-refractivity contribution in [1.82, 2.24) is 0 Å². The maximum absolute atomic E-state index is 9.90. The van der Waals surface area contributed by atoms with Gasteiger partial charge in [0.2, 0.25) is 0 Å². The Hall–Kier alpha value is -1.54. The Kier molecular flexibility index (Phi) is 2.11. The van der Waals surface area contributed by atoms with E-state index in [0.29, 0.717) is 5.76 Å². The molecule has 3 aliphatic rings. The van der Waals surface area contributed by atoms with Crippen LogP contribution < -0.4 is 0 Å². The molecule has 0 aromatic rings. The zero-order chi connectivity index (χ0) is 11.1. The van der Waals surface area contributed by atoms with Crippen LogP contribution in [0.4, 0.5) is 0 Å². The van der Waals surface area contributed by atoms with Crippen LogP contribution in [0.1, 0.15) is 19.3 Å². The van der Waals surface area contributed by atoms with Gasteiger partial charge < -0.3 is 10.2 Å². The van der Waals surface area contributed by atoms with E-state index in [1.165, 1.54) is 5.57 Å². The topological polar surface area (TPSA) is 40.5 Å². The minimum Gasteiger partial charge on any atom is -0.508 e. The molecule has 2 heteroatoms. The summed E-state index contributed by atoms with van der Waals surface area (Å²) in [4.78, 5) is 0. The standard InChI is InChI=1S/C14H14O2/c15-13-4-2-1-3-9-7-12-10(8-11(9)13)5-6-14(12)16/h1-4,7,14-16H,5-6,8H2. The SMILES string of the molecule is OC1=C2CC3=C(C=C2C=CC=C1)C(O)CC3. The molecule has 1 atom stereocenters. The second kappa shape index (κ2) is 3.49. The van der Waals surface area contributed by atoms with E-state index < -0.39 is 0 Å². The lowest BCUT2D eigenvalue weighted by molar-refractivity contribution is 0.215. The lowest BCUT2D eigenvalue weighted by Crippen LogP contribution is -2.07. The molecule has 0 heterocycles. The van der Waals surface area contributed by atoms with Gasteiger partial charge in [-0.3, -0.25) is 0 Å². The van der Waals surface area contributed by atoms with Crippen LogP contribution in [0, 0.1) is 0 Å². The minimum atomic E-state index is -0.309. The average molecular weight is 214 g/mol. The van der Waals surface area contributed by atoms with Crippen molar-refractivity contribution in [2.45, 2.75) is 25.4 Å². The maximum Gasteiger partial charge on any atom is 0.119 e. The fourth-order valence-corrected chi connectivity index (χ4v) is 2.60. The summed E-state index contributed by atoms with van der Waals surface area (Å²) in [5, 5.41) is 19.7. The highest BCUT2D eigenvalue weighted by Crippen LogP contribution is 2.40. The lowest BCUT2D eigenvalue weighted by Gasteiger charge is -2.18. The summed E-state index contributed by atoms with van der Waals surface area (Å²) in [7, 11) is 0. The molecule has 0 aromatic heterocycles. The first-order valence-corrected chi connectivity index (χ1v) is 5.64. The third-order valence-corrected chi connectivity index (χ3v) is 3.49. The Labute approximate surface area is 94.6 Å². The quantitative estimate of drug-likeness (QED) is 0.651. The van der Waals surface area contributed by atoms with Crippen LogP contribution in [-0.2, 0) is 0 Å². The van der Waals surface area contributed by atoms with Gasteiger partial charge in [-0.05, 0) is 42.6 Å². The Balaban J connectivity index is 2.10. The van der Waals surface area contributed by atoms with E-state index in [1.54, 1.807) is 6.08 Å². The monoisotopic (exact) mass is 214 g/mol. The molecule has 1 unspecified atom stereocenters. The van der Waals surface area contributed by atoms with Gasteiger partial charge in [0.25, 0.3) is 0 Å². The molecule has 82 valence electrons. The van der Waals surface area contributed by atoms with E-state index >= 15 is 0 Å². The summed E-state index contributed by atoms with van der Waals surface area (Å²) in [6.45, 7) is 0. The van der Waals surface area contributed by atoms with E-state index in [2.05, 4.69) is 0 Å². The largest absolute Gasteiger partial charge is 0.508 e.